The molecule has 0 radical (unpaired) electrons. The van der Waals surface area contributed by atoms with Gasteiger partial charge in [-0.2, -0.15) is 0 Å². The third-order valence-electron chi connectivity index (χ3n) is 3.93. The molecule has 26 heavy (non-hydrogen) atoms. The van der Waals surface area contributed by atoms with Gasteiger partial charge in [-0.1, -0.05) is 48.0 Å². The van der Waals surface area contributed by atoms with Gasteiger partial charge in [0.1, 0.15) is 0 Å². The van der Waals surface area contributed by atoms with E-state index < -0.39 is 18.0 Å². The molecule has 132 valence electrons. The third-order valence-corrected chi connectivity index (χ3v) is 4.28. The molecule has 0 aromatic heterocycles. The summed E-state index contributed by atoms with van der Waals surface area (Å²) in [4.78, 5) is 24.6. The molecule has 0 unspecified atom stereocenters. The quantitative estimate of drug-likeness (QED) is 0.532. The fourth-order valence-corrected chi connectivity index (χ4v) is 2.64. The van der Waals surface area contributed by atoms with E-state index in [4.69, 9.17) is 22.1 Å². The van der Waals surface area contributed by atoms with E-state index in [2.05, 4.69) is 5.32 Å². The third kappa shape index (κ3) is 3.78. The fraction of sp³-hybridized carbons (Fsp3) is 0.100. The Morgan fingerprint density at radius 2 is 1.81 bits per heavy atom. The van der Waals surface area contributed by atoms with Crippen LogP contribution in [0.4, 0.5) is 11.4 Å². The van der Waals surface area contributed by atoms with Crippen molar-refractivity contribution >= 4 is 45.6 Å². The monoisotopic (exact) mass is 368 g/mol. The molecule has 0 saturated carbocycles. The average Bonchev–Trinajstić information content (AvgIpc) is 2.64. The van der Waals surface area contributed by atoms with Crippen molar-refractivity contribution in [1.29, 1.82) is 0 Å². The van der Waals surface area contributed by atoms with Crippen LogP contribution in [0.3, 0.4) is 0 Å². The van der Waals surface area contributed by atoms with Crippen LogP contribution in [0.5, 0.6) is 0 Å². The van der Waals surface area contributed by atoms with Gasteiger partial charge in [0.15, 0.2) is 6.10 Å². The van der Waals surface area contributed by atoms with Crippen LogP contribution in [0.15, 0.2) is 60.7 Å². The molecular weight excluding hydrogens is 352 g/mol. The van der Waals surface area contributed by atoms with Crippen LogP contribution in [0.2, 0.25) is 5.02 Å². The van der Waals surface area contributed by atoms with Gasteiger partial charge in [-0.25, -0.2) is 4.79 Å². The molecule has 3 rings (SSSR count). The highest BCUT2D eigenvalue weighted by Gasteiger charge is 2.20. The molecular formula is C20H17ClN2O3. The Balaban J connectivity index is 1.71. The summed E-state index contributed by atoms with van der Waals surface area (Å²) in [6.45, 7) is 1.51. The predicted octanol–water partition coefficient (Wildman–Crippen LogP) is 4.26. The number of benzene rings is 3. The number of esters is 1. The van der Waals surface area contributed by atoms with E-state index >= 15 is 0 Å². The lowest BCUT2D eigenvalue weighted by atomic mass is 10.1. The lowest BCUT2D eigenvalue weighted by Gasteiger charge is -2.15. The number of anilines is 2. The van der Waals surface area contributed by atoms with Gasteiger partial charge in [0, 0.05) is 11.1 Å². The van der Waals surface area contributed by atoms with E-state index in [9.17, 15) is 9.59 Å². The molecule has 0 aliphatic rings. The number of carbonyl (C=O) groups excluding carboxylic acids is 2. The number of carbonyl (C=O) groups is 2. The Morgan fingerprint density at radius 3 is 2.58 bits per heavy atom. The van der Waals surface area contributed by atoms with E-state index in [1.54, 1.807) is 6.07 Å². The zero-order valence-electron chi connectivity index (χ0n) is 14.0. The van der Waals surface area contributed by atoms with Gasteiger partial charge in [0.2, 0.25) is 0 Å². The summed E-state index contributed by atoms with van der Waals surface area (Å²) >= 11 is 5.84. The van der Waals surface area contributed by atoms with Gasteiger partial charge in [0.25, 0.3) is 5.91 Å². The van der Waals surface area contributed by atoms with Crippen molar-refractivity contribution in [1.82, 2.24) is 0 Å². The predicted molar refractivity (Wildman–Crippen MR) is 103 cm³/mol. The maximum Gasteiger partial charge on any atom is 0.338 e. The molecule has 0 bridgehead atoms. The van der Waals surface area contributed by atoms with Gasteiger partial charge in [-0.05, 0) is 36.6 Å². The van der Waals surface area contributed by atoms with Crippen molar-refractivity contribution < 1.29 is 14.3 Å². The first-order valence-corrected chi connectivity index (χ1v) is 8.38. The number of ether oxygens (including phenoxy) is 1. The Labute approximate surface area is 155 Å². The first-order chi connectivity index (χ1) is 12.5. The largest absolute Gasteiger partial charge is 0.449 e. The maximum absolute atomic E-state index is 12.4. The first kappa shape index (κ1) is 17.8. The zero-order valence-corrected chi connectivity index (χ0v) is 14.8. The Kier molecular flexibility index (Phi) is 5.09. The first-order valence-electron chi connectivity index (χ1n) is 8.00. The van der Waals surface area contributed by atoms with Crippen molar-refractivity contribution in [2.24, 2.45) is 0 Å². The van der Waals surface area contributed by atoms with Crippen LogP contribution in [0.1, 0.15) is 17.3 Å². The van der Waals surface area contributed by atoms with Gasteiger partial charge < -0.3 is 15.8 Å². The Morgan fingerprint density at radius 1 is 1.08 bits per heavy atom. The minimum atomic E-state index is -0.974. The summed E-state index contributed by atoms with van der Waals surface area (Å²) in [7, 11) is 0. The number of rotatable bonds is 4. The van der Waals surface area contributed by atoms with Crippen LogP contribution < -0.4 is 11.1 Å². The summed E-state index contributed by atoms with van der Waals surface area (Å²) in [6, 6.07) is 17.7. The second-order valence-electron chi connectivity index (χ2n) is 5.80. The Hall–Kier alpha value is -3.05. The number of nitrogens with two attached hydrogens (primary N) is 1. The molecule has 1 amide bonds. The highest BCUT2D eigenvalue weighted by atomic mass is 35.5. The van der Waals surface area contributed by atoms with Crippen molar-refractivity contribution in [3.05, 3.63) is 71.2 Å². The highest BCUT2D eigenvalue weighted by molar-refractivity contribution is 6.33. The van der Waals surface area contributed by atoms with Crippen LogP contribution in [-0.4, -0.2) is 18.0 Å². The summed E-state index contributed by atoms with van der Waals surface area (Å²) in [5.41, 5.74) is 6.85. The second kappa shape index (κ2) is 7.45. The highest BCUT2D eigenvalue weighted by Crippen LogP contribution is 2.23. The topological polar surface area (TPSA) is 81.4 Å². The van der Waals surface area contributed by atoms with E-state index in [1.165, 1.54) is 25.1 Å². The molecule has 5 nitrogen and oxygen atoms in total. The summed E-state index contributed by atoms with van der Waals surface area (Å²) < 4.78 is 5.23. The maximum atomic E-state index is 12.4. The molecule has 1 atom stereocenters. The van der Waals surface area contributed by atoms with E-state index in [1.807, 2.05) is 36.4 Å². The number of halogens is 1. The lowest BCUT2D eigenvalue weighted by Crippen LogP contribution is -2.30. The smallest absolute Gasteiger partial charge is 0.338 e. The summed E-state index contributed by atoms with van der Waals surface area (Å²) in [5, 5.41) is 5.07. The van der Waals surface area contributed by atoms with Crippen LogP contribution >= 0.6 is 11.6 Å². The molecule has 0 spiro atoms. The van der Waals surface area contributed by atoms with E-state index in [0.29, 0.717) is 10.7 Å². The molecule has 0 saturated heterocycles. The van der Waals surface area contributed by atoms with E-state index in [-0.39, 0.29) is 11.3 Å². The Bertz CT molecular complexity index is 982. The van der Waals surface area contributed by atoms with Gasteiger partial charge >= 0.3 is 5.97 Å². The van der Waals surface area contributed by atoms with Crippen LogP contribution in [0.25, 0.3) is 10.8 Å². The van der Waals surface area contributed by atoms with Crippen molar-refractivity contribution in [3.63, 3.8) is 0 Å². The lowest BCUT2D eigenvalue weighted by molar-refractivity contribution is -0.123. The number of amides is 1. The van der Waals surface area contributed by atoms with Gasteiger partial charge in [-0.15, -0.1) is 0 Å². The number of nitrogens with one attached hydrogen (secondary N) is 1. The summed E-state index contributed by atoms with van der Waals surface area (Å²) in [5.74, 6) is -1.06. The summed E-state index contributed by atoms with van der Waals surface area (Å²) in [6.07, 6.45) is -0.974. The molecule has 3 N–H and O–H groups in total. The zero-order chi connectivity index (χ0) is 18.7. The molecule has 6 heteroatoms. The standard InChI is InChI=1S/C20H17ClN2O3/c1-12(26-20(25)14-9-10-16(21)17(22)11-14)19(24)23-18-8-4-6-13-5-2-3-7-15(13)18/h2-12H,22H2,1H3,(H,23,24)/t12-/m0/s1. The molecule has 0 aliphatic carbocycles. The minimum Gasteiger partial charge on any atom is -0.449 e. The normalized spacial score (nSPS) is 11.8. The molecule has 0 fully saturated rings. The van der Waals surface area contributed by atoms with Crippen molar-refractivity contribution in [2.75, 3.05) is 11.1 Å². The fourth-order valence-electron chi connectivity index (χ4n) is 2.52. The van der Waals surface area contributed by atoms with Crippen molar-refractivity contribution in [3.8, 4) is 0 Å². The SMILES string of the molecule is C[C@H](OC(=O)c1ccc(Cl)c(N)c1)C(=O)Nc1cccc2ccccc12. The molecule has 3 aromatic carbocycles. The number of nitrogen functional groups attached to an aromatic ring is 1. The van der Waals surface area contributed by atoms with Crippen molar-refractivity contribution in [2.45, 2.75) is 13.0 Å². The molecule has 0 aliphatic heterocycles. The number of hydrogen-bond donors (Lipinski definition) is 2. The number of hydrogen-bond acceptors (Lipinski definition) is 4. The number of fused-ring (bicyclic) bond motifs is 1. The van der Waals surface area contributed by atoms with Crippen LogP contribution in [-0.2, 0) is 9.53 Å². The van der Waals surface area contributed by atoms with Crippen LogP contribution in [0, 0.1) is 0 Å². The van der Waals surface area contributed by atoms with E-state index in [0.717, 1.165) is 10.8 Å². The average molecular weight is 369 g/mol. The van der Waals surface area contributed by atoms with Gasteiger partial charge in [0.05, 0.1) is 16.3 Å². The minimum absolute atomic E-state index is 0.233. The van der Waals surface area contributed by atoms with Gasteiger partial charge in [-0.3, -0.25) is 4.79 Å². The molecule has 0 heterocycles. The molecule has 3 aromatic rings. The second-order valence-corrected chi connectivity index (χ2v) is 6.21.